The first kappa shape index (κ1) is 22.2. The van der Waals surface area contributed by atoms with E-state index in [1.165, 1.54) is 24.0 Å². The highest BCUT2D eigenvalue weighted by Gasteiger charge is 2.16. The Morgan fingerprint density at radius 1 is 1.18 bits per heavy atom. The fraction of sp³-hybridized carbons (Fsp3) is 0.182. The maximum atomic E-state index is 12.7. The van der Waals surface area contributed by atoms with E-state index in [4.69, 9.17) is 10.5 Å². The number of primary amides is 1. The number of rotatable bonds is 7. The number of benzene rings is 1. The second-order valence-corrected chi connectivity index (χ2v) is 7.95. The topological polar surface area (TPSA) is 137 Å². The highest BCUT2D eigenvalue weighted by atomic mass is 32.2. The maximum Gasteiger partial charge on any atom is 0.253 e. The van der Waals surface area contributed by atoms with E-state index < -0.39 is 5.91 Å². The molecule has 0 aliphatic rings. The number of hydrogen-bond acceptors (Lipinski definition) is 8. The van der Waals surface area contributed by atoms with Crippen LogP contribution in [0.3, 0.4) is 0 Å². The number of hydrogen-bond donors (Lipinski definition) is 2. The summed E-state index contributed by atoms with van der Waals surface area (Å²) in [5, 5.41) is 7.86. The smallest absolute Gasteiger partial charge is 0.253 e. The standard InChI is InChI=1S/C22H21N7O3S/c1-12-17(13(2)29-21(25-12)27-22(28-29)33-3)10-18(30)26-15-7-8-19(24-11-15)32-16-6-4-5-14(9-16)20(23)31/h4-9,11H,10H2,1-3H3,(H2,23,31)(H,26,30). The molecule has 0 aliphatic heterocycles. The monoisotopic (exact) mass is 463 g/mol. The zero-order chi connectivity index (χ0) is 23.5. The van der Waals surface area contributed by atoms with E-state index in [-0.39, 0.29) is 12.3 Å². The molecule has 2 amide bonds. The zero-order valence-corrected chi connectivity index (χ0v) is 19.0. The quantitative estimate of drug-likeness (QED) is 0.399. The van der Waals surface area contributed by atoms with Crippen LogP contribution >= 0.6 is 11.8 Å². The Morgan fingerprint density at radius 3 is 2.70 bits per heavy atom. The molecule has 0 fully saturated rings. The number of nitrogens with two attached hydrogens (primary N) is 1. The minimum atomic E-state index is -0.542. The van der Waals surface area contributed by atoms with E-state index in [1.54, 1.807) is 34.8 Å². The molecule has 3 N–H and O–H groups in total. The third-order valence-electron chi connectivity index (χ3n) is 4.91. The number of aryl methyl sites for hydroxylation is 2. The molecule has 168 valence electrons. The molecular weight excluding hydrogens is 442 g/mol. The molecule has 3 aromatic heterocycles. The van der Waals surface area contributed by atoms with Gasteiger partial charge in [0.25, 0.3) is 5.78 Å². The van der Waals surface area contributed by atoms with Crippen LogP contribution in [0.2, 0.25) is 0 Å². The van der Waals surface area contributed by atoms with Gasteiger partial charge in [-0.15, -0.1) is 5.10 Å². The fourth-order valence-corrected chi connectivity index (χ4v) is 3.58. The molecule has 1 aromatic carbocycles. The third kappa shape index (κ3) is 4.93. The predicted molar refractivity (Wildman–Crippen MR) is 124 cm³/mol. The van der Waals surface area contributed by atoms with Crippen molar-refractivity contribution in [2.75, 3.05) is 11.6 Å². The summed E-state index contributed by atoms with van der Waals surface area (Å²) in [6.45, 7) is 3.74. The molecule has 0 saturated carbocycles. The highest BCUT2D eigenvalue weighted by molar-refractivity contribution is 7.98. The number of carbonyl (C=O) groups excluding carboxylic acids is 2. The predicted octanol–water partition coefficient (Wildman–Crippen LogP) is 2.93. The molecule has 0 radical (unpaired) electrons. The van der Waals surface area contributed by atoms with Crippen molar-refractivity contribution in [3.8, 4) is 11.6 Å². The first-order valence-electron chi connectivity index (χ1n) is 9.94. The molecule has 0 atom stereocenters. The van der Waals surface area contributed by atoms with Gasteiger partial charge < -0.3 is 15.8 Å². The van der Waals surface area contributed by atoms with Crippen molar-refractivity contribution in [2.45, 2.75) is 25.4 Å². The van der Waals surface area contributed by atoms with Gasteiger partial charge in [0.05, 0.1) is 18.3 Å². The highest BCUT2D eigenvalue weighted by Crippen LogP contribution is 2.22. The van der Waals surface area contributed by atoms with Crippen LogP contribution in [0.25, 0.3) is 5.78 Å². The summed E-state index contributed by atoms with van der Waals surface area (Å²) in [4.78, 5) is 37.0. The Hall–Kier alpha value is -3.99. The Morgan fingerprint density at radius 2 is 2.00 bits per heavy atom. The normalized spacial score (nSPS) is 10.9. The summed E-state index contributed by atoms with van der Waals surface area (Å²) in [7, 11) is 0. The van der Waals surface area contributed by atoms with E-state index >= 15 is 0 Å². The van der Waals surface area contributed by atoms with E-state index in [0.717, 1.165) is 17.0 Å². The van der Waals surface area contributed by atoms with Crippen molar-refractivity contribution < 1.29 is 14.3 Å². The van der Waals surface area contributed by atoms with Crippen molar-refractivity contribution in [2.24, 2.45) is 5.73 Å². The van der Waals surface area contributed by atoms with Gasteiger partial charge in [0.15, 0.2) is 0 Å². The molecule has 4 aromatic rings. The second kappa shape index (κ2) is 9.25. The van der Waals surface area contributed by atoms with Crippen LogP contribution in [0.15, 0.2) is 47.8 Å². The Labute approximate surface area is 193 Å². The third-order valence-corrected chi connectivity index (χ3v) is 5.45. The van der Waals surface area contributed by atoms with Crippen LogP contribution in [-0.2, 0) is 11.2 Å². The minimum Gasteiger partial charge on any atom is -0.439 e. The van der Waals surface area contributed by atoms with E-state index in [1.807, 2.05) is 20.1 Å². The summed E-state index contributed by atoms with van der Waals surface area (Å²) >= 11 is 1.43. The number of ether oxygens (including phenoxy) is 1. The molecule has 33 heavy (non-hydrogen) atoms. The van der Waals surface area contributed by atoms with Gasteiger partial charge in [-0.25, -0.2) is 14.5 Å². The van der Waals surface area contributed by atoms with Crippen LogP contribution in [0, 0.1) is 13.8 Å². The summed E-state index contributed by atoms with van der Waals surface area (Å²) in [5.41, 5.74) is 8.49. The Balaban J connectivity index is 1.44. The van der Waals surface area contributed by atoms with Crippen molar-refractivity contribution in [1.82, 2.24) is 24.6 Å². The molecular formula is C22H21N7O3S. The first-order valence-corrected chi connectivity index (χ1v) is 11.2. The number of anilines is 1. The molecule has 0 unspecified atom stereocenters. The molecule has 3 heterocycles. The van der Waals surface area contributed by atoms with Gasteiger partial charge >= 0.3 is 0 Å². The van der Waals surface area contributed by atoms with Crippen molar-refractivity contribution >= 4 is 35.0 Å². The number of thioether (sulfide) groups is 1. The fourth-order valence-electron chi connectivity index (χ4n) is 3.25. The average molecular weight is 464 g/mol. The van der Waals surface area contributed by atoms with Crippen LogP contribution in [0.5, 0.6) is 11.6 Å². The second-order valence-electron chi connectivity index (χ2n) is 7.18. The summed E-state index contributed by atoms with van der Waals surface area (Å²) in [5.74, 6) is 0.505. The SMILES string of the molecule is CSc1nc2nc(C)c(CC(=O)Nc3ccc(Oc4cccc(C(N)=O)c4)nc3)c(C)n2n1. The lowest BCUT2D eigenvalue weighted by Crippen LogP contribution is -2.18. The number of nitrogens with zero attached hydrogens (tertiary/aromatic N) is 5. The van der Waals surface area contributed by atoms with Crippen LogP contribution in [0.4, 0.5) is 5.69 Å². The molecule has 0 bridgehead atoms. The van der Waals surface area contributed by atoms with Crippen molar-refractivity contribution in [1.29, 1.82) is 0 Å². The maximum absolute atomic E-state index is 12.7. The number of aromatic nitrogens is 5. The lowest BCUT2D eigenvalue weighted by Gasteiger charge is -2.11. The zero-order valence-electron chi connectivity index (χ0n) is 18.2. The molecule has 11 heteroatoms. The van der Waals surface area contributed by atoms with Crippen LogP contribution in [0.1, 0.15) is 27.3 Å². The number of fused-ring (bicyclic) bond motifs is 1. The minimum absolute atomic E-state index is 0.132. The van der Waals surface area contributed by atoms with E-state index in [9.17, 15) is 9.59 Å². The summed E-state index contributed by atoms with van der Waals surface area (Å²) in [6.07, 6.45) is 3.52. The Bertz CT molecular complexity index is 1350. The number of pyridine rings is 1. The number of carbonyl (C=O) groups is 2. The van der Waals surface area contributed by atoms with E-state index in [2.05, 4.69) is 25.4 Å². The van der Waals surface area contributed by atoms with Gasteiger partial charge in [0, 0.05) is 28.6 Å². The first-order chi connectivity index (χ1) is 15.8. The van der Waals surface area contributed by atoms with Crippen molar-refractivity contribution in [3.63, 3.8) is 0 Å². The van der Waals surface area contributed by atoms with Crippen molar-refractivity contribution in [3.05, 3.63) is 65.1 Å². The molecule has 0 spiro atoms. The molecule has 0 aliphatic carbocycles. The lowest BCUT2D eigenvalue weighted by molar-refractivity contribution is -0.115. The van der Waals surface area contributed by atoms with Gasteiger partial charge in [-0.1, -0.05) is 17.8 Å². The van der Waals surface area contributed by atoms with Crippen LogP contribution < -0.4 is 15.8 Å². The number of amides is 2. The number of nitrogens with one attached hydrogen (secondary N) is 1. The van der Waals surface area contributed by atoms with Gasteiger partial charge in [-0.3, -0.25) is 9.59 Å². The summed E-state index contributed by atoms with van der Waals surface area (Å²) in [6, 6.07) is 9.80. The average Bonchev–Trinajstić information content (AvgIpc) is 3.21. The lowest BCUT2D eigenvalue weighted by atomic mass is 10.1. The molecule has 4 rings (SSSR count). The van der Waals surface area contributed by atoms with Gasteiger partial charge in [0.2, 0.25) is 22.9 Å². The van der Waals surface area contributed by atoms with E-state index in [0.29, 0.717) is 33.8 Å². The van der Waals surface area contributed by atoms with Gasteiger partial charge in [-0.05, 0) is 44.4 Å². The molecule has 0 saturated heterocycles. The van der Waals surface area contributed by atoms with Gasteiger partial charge in [0.1, 0.15) is 5.75 Å². The Kier molecular flexibility index (Phi) is 6.22. The van der Waals surface area contributed by atoms with Gasteiger partial charge in [-0.2, -0.15) is 4.98 Å². The summed E-state index contributed by atoms with van der Waals surface area (Å²) < 4.78 is 7.31. The molecule has 10 nitrogen and oxygen atoms in total. The largest absolute Gasteiger partial charge is 0.439 e. The van der Waals surface area contributed by atoms with Crippen LogP contribution in [-0.4, -0.2) is 42.6 Å².